The molecule has 116 valence electrons. The summed E-state index contributed by atoms with van der Waals surface area (Å²) in [7, 11) is 0. The lowest BCUT2D eigenvalue weighted by Gasteiger charge is -2.11. The summed E-state index contributed by atoms with van der Waals surface area (Å²) in [4.78, 5) is 4.46. The Kier molecular flexibility index (Phi) is 4.52. The van der Waals surface area contributed by atoms with Crippen LogP contribution >= 0.6 is 15.9 Å². The molecule has 0 aliphatic carbocycles. The maximum absolute atomic E-state index is 4.46. The van der Waals surface area contributed by atoms with Crippen LogP contribution in [-0.2, 0) is 0 Å². The fourth-order valence-corrected chi connectivity index (χ4v) is 2.51. The minimum absolute atomic E-state index is 0.437. The predicted molar refractivity (Wildman–Crippen MR) is 96.5 cm³/mol. The lowest BCUT2D eigenvalue weighted by molar-refractivity contribution is 0.981. The van der Waals surface area contributed by atoms with Crippen LogP contribution in [0.2, 0.25) is 0 Å². The molecule has 5 nitrogen and oxygen atoms in total. The van der Waals surface area contributed by atoms with Gasteiger partial charge in [0.2, 0.25) is 5.95 Å². The zero-order chi connectivity index (χ0) is 16.2. The van der Waals surface area contributed by atoms with Crippen molar-refractivity contribution in [1.82, 2.24) is 15.2 Å². The number of nitrogens with one attached hydrogen (secondary N) is 2. The van der Waals surface area contributed by atoms with Crippen LogP contribution in [0.1, 0.15) is 11.1 Å². The number of nitrogens with zero attached hydrogens (tertiary/aromatic N) is 3. The molecule has 0 fully saturated rings. The average molecular weight is 370 g/mol. The van der Waals surface area contributed by atoms with Crippen molar-refractivity contribution in [3.63, 3.8) is 0 Å². The summed E-state index contributed by atoms with van der Waals surface area (Å²) in [6.07, 6.45) is 1.60. The summed E-state index contributed by atoms with van der Waals surface area (Å²) in [5, 5.41) is 14.5. The molecular formula is C17H16BrN5. The van der Waals surface area contributed by atoms with E-state index in [1.54, 1.807) is 6.20 Å². The molecule has 3 aromatic rings. The SMILES string of the molecule is Cc1cccc(Nc2cnnc(Nc3ccccc3Br)n2)c1C. The largest absolute Gasteiger partial charge is 0.339 e. The molecule has 0 saturated carbocycles. The minimum atomic E-state index is 0.437. The Hall–Kier alpha value is -2.47. The van der Waals surface area contributed by atoms with Gasteiger partial charge in [-0.2, -0.15) is 10.1 Å². The maximum Gasteiger partial charge on any atom is 0.249 e. The molecule has 0 aliphatic rings. The summed E-state index contributed by atoms with van der Waals surface area (Å²) in [5.41, 5.74) is 4.31. The fourth-order valence-electron chi connectivity index (χ4n) is 2.12. The van der Waals surface area contributed by atoms with Gasteiger partial charge in [-0.25, -0.2) is 0 Å². The lowest BCUT2D eigenvalue weighted by atomic mass is 10.1. The molecule has 2 N–H and O–H groups in total. The quantitative estimate of drug-likeness (QED) is 0.695. The molecule has 3 rings (SSSR count). The second-order valence-corrected chi connectivity index (χ2v) is 6.00. The number of aryl methyl sites for hydroxylation is 1. The van der Waals surface area contributed by atoms with Crippen LogP contribution in [0.4, 0.5) is 23.1 Å². The molecular weight excluding hydrogens is 354 g/mol. The van der Waals surface area contributed by atoms with Gasteiger partial charge in [0.15, 0.2) is 5.82 Å². The minimum Gasteiger partial charge on any atom is -0.339 e. The second kappa shape index (κ2) is 6.75. The maximum atomic E-state index is 4.46. The van der Waals surface area contributed by atoms with Crippen molar-refractivity contribution in [2.45, 2.75) is 13.8 Å². The van der Waals surface area contributed by atoms with Gasteiger partial charge in [0.1, 0.15) is 0 Å². The summed E-state index contributed by atoms with van der Waals surface area (Å²) < 4.78 is 0.941. The van der Waals surface area contributed by atoms with Gasteiger partial charge >= 0.3 is 0 Å². The van der Waals surface area contributed by atoms with Gasteiger partial charge in [-0.3, -0.25) is 0 Å². The fraction of sp³-hybridized carbons (Fsp3) is 0.118. The first-order valence-electron chi connectivity index (χ1n) is 7.18. The van der Waals surface area contributed by atoms with Gasteiger partial charge < -0.3 is 10.6 Å². The third kappa shape index (κ3) is 3.65. The number of hydrogen-bond acceptors (Lipinski definition) is 5. The van der Waals surface area contributed by atoms with Crippen molar-refractivity contribution in [2.24, 2.45) is 0 Å². The highest BCUT2D eigenvalue weighted by Gasteiger charge is 2.06. The van der Waals surface area contributed by atoms with Crippen molar-refractivity contribution in [3.05, 3.63) is 64.3 Å². The Bertz CT molecular complexity index is 835. The first kappa shape index (κ1) is 15.4. The molecule has 23 heavy (non-hydrogen) atoms. The van der Waals surface area contributed by atoms with Crippen molar-refractivity contribution >= 4 is 39.1 Å². The van der Waals surface area contributed by atoms with E-state index in [2.05, 4.69) is 61.7 Å². The van der Waals surface area contributed by atoms with Gasteiger partial charge in [0.05, 0.1) is 11.9 Å². The molecule has 0 spiro atoms. The van der Waals surface area contributed by atoms with Crippen molar-refractivity contribution in [1.29, 1.82) is 0 Å². The molecule has 0 amide bonds. The van der Waals surface area contributed by atoms with E-state index >= 15 is 0 Å². The topological polar surface area (TPSA) is 62.7 Å². The monoisotopic (exact) mass is 369 g/mol. The van der Waals surface area contributed by atoms with E-state index in [1.165, 1.54) is 11.1 Å². The zero-order valence-electron chi connectivity index (χ0n) is 12.8. The number of aromatic nitrogens is 3. The zero-order valence-corrected chi connectivity index (χ0v) is 14.4. The Balaban J connectivity index is 1.83. The van der Waals surface area contributed by atoms with Gasteiger partial charge in [-0.15, -0.1) is 5.10 Å². The van der Waals surface area contributed by atoms with Gasteiger partial charge in [-0.1, -0.05) is 24.3 Å². The third-order valence-electron chi connectivity index (χ3n) is 3.55. The Morgan fingerprint density at radius 1 is 0.913 bits per heavy atom. The van der Waals surface area contributed by atoms with E-state index in [9.17, 15) is 0 Å². The van der Waals surface area contributed by atoms with E-state index in [0.29, 0.717) is 11.8 Å². The molecule has 0 radical (unpaired) electrons. The van der Waals surface area contributed by atoms with Crippen molar-refractivity contribution < 1.29 is 0 Å². The number of rotatable bonds is 4. The molecule has 1 heterocycles. The van der Waals surface area contributed by atoms with E-state index in [0.717, 1.165) is 15.8 Å². The molecule has 6 heteroatoms. The number of hydrogen-bond donors (Lipinski definition) is 2. The highest BCUT2D eigenvalue weighted by molar-refractivity contribution is 9.10. The highest BCUT2D eigenvalue weighted by Crippen LogP contribution is 2.25. The van der Waals surface area contributed by atoms with Crippen LogP contribution in [-0.4, -0.2) is 15.2 Å². The van der Waals surface area contributed by atoms with E-state index in [4.69, 9.17) is 0 Å². The van der Waals surface area contributed by atoms with Crippen LogP contribution < -0.4 is 10.6 Å². The van der Waals surface area contributed by atoms with Crippen LogP contribution in [0.25, 0.3) is 0 Å². The van der Waals surface area contributed by atoms with Crippen LogP contribution in [0.15, 0.2) is 53.1 Å². The van der Waals surface area contributed by atoms with E-state index in [1.807, 2.05) is 36.4 Å². The van der Waals surface area contributed by atoms with Gasteiger partial charge in [0.25, 0.3) is 0 Å². The molecule has 0 bridgehead atoms. The lowest BCUT2D eigenvalue weighted by Crippen LogP contribution is -2.03. The van der Waals surface area contributed by atoms with E-state index in [-0.39, 0.29) is 0 Å². The number of benzene rings is 2. The molecule has 2 aromatic carbocycles. The Morgan fingerprint density at radius 3 is 2.52 bits per heavy atom. The van der Waals surface area contributed by atoms with Crippen LogP contribution in [0.3, 0.4) is 0 Å². The normalized spacial score (nSPS) is 10.4. The highest BCUT2D eigenvalue weighted by atomic mass is 79.9. The van der Waals surface area contributed by atoms with Crippen LogP contribution in [0.5, 0.6) is 0 Å². The second-order valence-electron chi connectivity index (χ2n) is 5.14. The Labute approximate surface area is 143 Å². The molecule has 1 aromatic heterocycles. The molecule has 0 saturated heterocycles. The smallest absolute Gasteiger partial charge is 0.249 e. The molecule has 0 unspecified atom stereocenters. The first-order valence-corrected chi connectivity index (χ1v) is 7.97. The van der Waals surface area contributed by atoms with Gasteiger partial charge in [0, 0.05) is 10.2 Å². The average Bonchev–Trinajstić information content (AvgIpc) is 2.55. The summed E-state index contributed by atoms with van der Waals surface area (Å²) >= 11 is 3.49. The number of anilines is 4. The van der Waals surface area contributed by atoms with Crippen molar-refractivity contribution in [3.8, 4) is 0 Å². The number of halogens is 1. The summed E-state index contributed by atoms with van der Waals surface area (Å²) in [6.45, 7) is 4.16. The number of para-hydroxylation sites is 1. The molecule has 0 aliphatic heterocycles. The summed E-state index contributed by atoms with van der Waals surface area (Å²) in [5.74, 6) is 1.08. The van der Waals surface area contributed by atoms with Crippen molar-refractivity contribution in [2.75, 3.05) is 10.6 Å². The molecule has 0 atom stereocenters. The van der Waals surface area contributed by atoms with Gasteiger partial charge in [-0.05, 0) is 59.1 Å². The predicted octanol–water partition coefficient (Wildman–Crippen LogP) is 4.74. The standard InChI is InChI=1S/C17H16BrN5/c1-11-6-5-9-14(12(11)2)20-16-10-19-23-17(22-16)21-15-8-4-3-7-13(15)18/h3-10H,1-2H3,(H2,20,21,22,23). The van der Waals surface area contributed by atoms with Crippen LogP contribution in [0, 0.1) is 13.8 Å². The first-order chi connectivity index (χ1) is 11.1. The van der Waals surface area contributed by atoms with E-state index < -0.39 is 0 Å². The Morgan fingerprint density at radius 2 is 1.70 bits per heavy atom. The third-order valence-corrected chi connectivity index (χ3v) is 4.24. The summed E-state index contributed by atoms with van der Waals surface area (Å²) in [6, 6.07) is 13.9.